The van der Waals surface area contributed by atoms with Crippen molar-refractivity contribution in [3.05, 3.63) is 11.3 Å². The summed E-state index contributed by atoms with van der Waals surface area (Å²) in [4.78, 5) is 0. The van der Waals surface area contributed by atoms with Crippen LogP contribution >= 0.6 is 0 Å². The molecule has 2 N–H and O–H groups in total. The molecule has 0 amide bonds. The van der Waals surface area contributed by atoms with E-state index in [1.807, 2.05) is 6.92 Å². The van der Waals surface area contributed by atoms with E-state index in [1.165, 1.54) is 4.31 Å². The molecule has 0 fully saturated rings. The summed E-state index contributed by atoms with van der Waals surface area (Å²) in [5.41, 5.74) is 1.49. The Morgan fingerprint density at radius 1 is 1.43 bits per heavy atom. The van der Waals surface area contributed by atoms with Gasteiger partial charge in [0.1, 0.15) is 0 Å². The van der Waals surface area contributed by atoms with Crippen LogP contribution in [-0.2, 0) is 21.3 Å². The molecule has 0 aromatic carbocycles. The zero-order valence-electron chi connectivity index (χ0n) is 13.3. The Bertz CT molecular complexity index is 528. The molecule has 1 rings (SSSR count). The van der Waals surface area contributed by atoms with Crippen molar-refractivity contribution in [2.45, 2.75) is 38.3 Å². The van der Waals surface area contributed by atoms with Gasteiger partial charge in [0.2, 0.25) is 0 Å². The van der Waals surface area contributed by atoms with E-state index in [9.17, 15) is 8.42 Å². The molecule has 7 nitrogen and oxygen atoms in total. The van der Waals surface area contributed by atoms with Gasteiger partial charge in [0.25, 0.3) is 10.0 Å². The standard InChI is InChI=1S/C13H26N4O3S/c1-5-7-14-10-12-11(2)15-16-13(12)21(18,19)17(3)8-6-9-20-4/h14H,5-10H2,1-4H3,(H,15,16). The second-order valence-corrected chi connectivity index (χ2v) is 6.94. The van der Waals surface area contributed by atoms with Gasteiger partial charge in [-0.2, -0.15) is 9.40 Å². The van der Waals surface area contributed by atoms with E-state index in [0.29, 0.717) is 31.7 Å². The molecule has 0 atom stereocenters. The first-order valence-electron chi connectivity index (χ1n) is 7.15. The van der Waals surface area contributed by atoms with Gasteiger partial charge >= 0.3 is 0 Å². The van der Waals surface area contributed by atoms with Crippen LogP contribution < -0.4 is 5.32 Å². The lowest BCUT2D eigenvalue weighted by molar-refractivity contribution is 0.189. The third kappa shape index (κ3) is 4.77. The highest BCUT2D eigenvalue weighted by Crippen LogP contribution is 2.19. The molecule has 1 heterocycles. The summed E-state index contributed by atoms with van der Waals surface area (Å²) in [6, 6.07) is 0. The third-order valence-electron chi connectivity index (χ3n) is 3.24. The molecular weight excluding hydrogens is 292 g/mol. The van der Waals surface area contributed by atoms with Crippen LogP contribution in [0.5, 0.6) is 0 Å². The molecule has 0 aliphatic rings. The van der Waals surface area contributed by atoms with Crippen LogP contribution in [0, 0.1) is 6.92 Å². The lowest BCUT2D eigenvalue weighted by Gasteiger charge is -2.16. The number of aromatic nitrogens is 2. The minimum atomic E-state index is -3.57. The van der Waals surface area contributed by atoms with Crippen molar-refractivity contribution in [2.75, 3.05) is 33.9 Å². The molecule has 0 aliphatic heterocycles. The van der Waals surface area contributed by atoms with Crippen LogP contribution in [0.25, 0.3) is 0 Å². The molecule has 8 heteroatoms. The van der Waals surface area contributed by atoms with Gasteiger partial charge in [-0.05, 0) is 26.3 Å². The van der Waals surface area contributed by atoms with Crippen LogP contribution in [0.1, 0.15) is 31.0 Å². The quantitative estimate of drug-likeness (QED) is 0.625. The zero-order valence-corrected chi connectivity index (χ0v) is 14.1. The zero-order chi connectivity index (χ0) is 15.9. The normalized spacial score (nSPS) is 12.2. The van der Waals surface area contributed by atoms with Gasteiger partial charge in [-0.3, -0.25) is 5.10 Å². The Morgan fingerprint density at radius 2 is 2.14 bits per heavy atom. The number of H-pyrrole nitrogens is 1. The minimum Gasteiger partial charge on any atom is -0.385 e. The topological polar surface area (TPSA) is 87.3 Å². The van der Waals surface area contributed by atoms with Gasteiger partial charge in [-0.15, -0.1) is 0 Å². The molecule has 0 saturated carbocycles. The predicted octanol–water partition coefficient (Wildman–Crippen LogP) is 0.875. The van der Waals surface area contributed by atoms with Gasteiger partial charge in [0.15, 0.2) is 5.03 Å². The van der Waals surface area contributed by atoms with E-state index in [2.05, 4.69) is 22.4 Å². The Balaban J connectivity index is 2.87. The van der Waals surface area contributed by atoms with Gasteiger partial charge in [-0.1, -0.05) is 6.92 Å². The van der Waals surface area contributed by atoms with E-state index in [4.69, 9.17) is 4.74 Å². The smallest absolute Gasteiger partial charge is 0.262 e. The molecule has 122 valence electrons. The van der Waals surface area contributed by atoms with E-state index in [0.717, 1.165) is 18.7 Å². The van der Waals surface area contributed by atoms with Crippen LogP contribution in [-0.4, -0.2) is 56.8 Å². The van der Waals surface area contributed by atoms with E-state index >= 15 is 0 Å². The summed E-state index contributed by atoms with van der Waals surface area (Å²) in [5, 5.41) is 10.1. The number of rotatable bonds is 10. The lowest BCUT2D eigenvalue weighted by atomic mass is 10.2. The average Bonchev–Trinajstić information content (AvgIpc) is 2.81. The fourth-order valence-electron chi connectivity index (χ4n) is 1.94. The van der Waals surface area contributed by atoms with Gasteiger partial charge in [-0.25, -0.2) is 8.42 Å². The molecule has 0 unspecified atom stereocenters. The first-order valence-corrected chi connectivity index (χ1v) is 8.59. The monoisotopic (exact) mass is 318 g/mol. The Kier molecular flexibility index (Phi) is 7.30. The van der Waals surface area contributed by atoms with E-state index in [1.54, 1.807) is 14.2 Å². The summed E-state index contributed by atoms with van der Waals surface area (Å²) < 4.78 is 31.4. The highest BCUT2D eigenvalue weighted by Gasteiger charge is 2.27. The second kappa shape index (κ2) is 8.47. The number of sulfonamides is 1. The maximum atomic E-state index is 12.6. The summed E-state index contributed by atoms with van der Waals surface area (Å²) in [5.74, 6) is 0. The van der Waals surface area contributed by atoms with Crippen molar-refractivity contribution in [3.63, 3.8) is 0 Å². The highest BCUT2D eigenvalue weighted by atomic mass is 32.2. The van der Waals surface area contributed by atoms with Crippen LogP contribution in [0.15, 0.2) is 5.03 Å². The number of hydrogen-bond donors (Lipinski definition) is 2. The molecule has 0 radical (unpaired) electrons. The Morgan fingerprint density at radius 3 is 2.76 bits per heavy atom. The molecule has 0 aliphatic carbocycles. The minimum absolute atomic E-state index is 0.114. The van der Waals surface area contributed by atoms with Gasteiger partial charge in [0, 0.05) is 45.1 Å². The summed E-state index contributed by atoms with van der Waals surface area (Å²) >= 11 is 0. The van der Waals surface area contributed by atoms with Gasteiger partial charge in [0.05, 0.1) is 0 Å². The fraction of sp³-hybridized carbons (Fsp3) is 0.769. The first kappa shape index (κ1) is 18.1. The molecule has 1 aromatic heterocycles. The molecule has 0 spiro atoms. The predicted molar refractivity (Wildman–Crippen MR) is 81.6 cm³/mol. The van der Waals surface area contributed by atoms with Crippen molar-refractivity contribution < 1.29 is 13.2 Å². The number of nitrogens with zero attached hydrogens (tertiary/aromatic N) is 2. The van der Waals surface area contributed by atoms with E-state index < -0.39 is 10.0 Å². The molecule has 21 heavy (non-hydrogen) atoms. The SMILES string of the molecule is CCCNCc1c(S(=O)(=O)N(C)CCCOC)n[nH]c1C. The second-order valence-electron chi connectivity index (χ2n) is 4.98. The van der Waals surface area contributed by atoms with Crippen LogP contribution in [0.4, 0.5) is 0 Å². The first-order chi connectivity index (χ1) is 9.95. The molecule has 1 aromatic rings. The molecule has 0 saturated heterocycles. The Hall–Kier alpha value is -0.960. The van der Waals surface area contributed by atoms with Crippen molar-refractivity contribution >= 4 is 10.0 Å². The van der Waals surface area contributed by atoms with Crippen LogP contribution in [0.2, 0.25) is 0 Å². The maximum absolute atomic E-state index is 12.6. The largest absolute Gasteiger partial charge is 0.385 e. The lowest BCUT2D eigenvalue weighted by Crippen LogP contribution is -2.30. The summed E-state index contributed by atoms with van der Waals surface area (Å²) in [6.07, 6.45) is 1.65. The number of methoxy groups -OCH3 is 1. The van der Waals surface area contributed by atoms with Crippen molar-refractivity contribution in [1.29, 1.82) is 0 Å². The number of aryl methyl sites for hydroxylation is 1. The average molecular weight is 318 g/mol. The maximum Gasteiger partial charge on any atom is 0.262 e. The fourth-order valence-corrected chi connectivity index (χ4v) is 3.30. The Labute approximate surface area is 127 Å². The third-order valence-corrected chi connectivity index (χ3v) is 5.07. The van der Waals surface area contributed by atoms with Gasteiger partial charge < -0.3 is 10.1 Å². The number of ether oxygens (including phenoxy) is 1. The highest BCUT2D eigenvalue weighted by molar-refractivity contribution is 7.89. The number of hydrogen-bond acceptors (Lipinski definition) is 5. The summed E-state index contributed by atoms with van der Waals surface area (Å²) in [7, 11) is -0.403. The molecular formula is C13H26N4O3S. The van der Waals surface area contributed by atoms with Crippen molar-refractivity contribution in [1.82, 2.24) is 19.8 Å². The number of aromatic amines is 1. The van der Waals surface area contributed by atoms with Crippen LogP contribution in [0.3, 0.4) is 0 Å². The van der Waals surface area contributed by atoms with Crippen molar-refractivity contribution in [3.8, 4) is 0 Å². The van der Waals surface area contributed by atoms with Crippen molar-refractivity contribution in [2.24, 2.45) is 0 Å². The summed E-state index contributed by atoms with van der Waals surface area (Å²) in [6.45, 7) is 6.18. The number of nitrogens with one attached hydrogen (secondary N) is 2. The van der Waals surface area contributed by atoms with E-state index in [-0.39, 0.29) is 5.03 Å². The molecule has 0 bridgehead atoms.